The molecule has 6 heteroatoms. The minimum Gasteiger partial charge on any atom is -0.482 e. The van der Waals surface area contributed by atoms with Crippen LogP contribution in [0.1, 0.15) is 63.9 Å². The minimum absolute atomic E-state index is 0.0135. The number of ether oxygens (including phenoxy) is 1. The van der Waals surface area contributed by atoms with E-state index in [4.69, 9.17) is 4.74 Å². The lowest BCUT2D eigenvalue weighted by atomic mass is 9.86. The lowest BCUT2D eigenvalue weighted by Gasteiger charge is -2.44. The number of nitrogens with one attached hydrogen (secondary N) is 1. The van der Waals surface area contributed by atoms with Crippen LogP contribution in [0.25, 0.3) is 6.08 Å². The van der Waals surface area contributed by atoms with Crippen LogP contribution in [0.2, 0.25) is 0 Å². The molecule has 0 aromatic heterocycles. The van der Waals surface area contributed by atoms with Gasteiger partial charge < -0.3 is 15.0 Å². The minimum atomic E-state index is -0.176. The van der Waals surface area contributed by atoms with Crippen LogP contribution in [0.5, 0.6) is 0 Å². The molecule has 4 unspecified atom stereocenters. The summed E-state index contributed by atoms with van der Waals surface area (Å²) in [5.74, 6) is 0.618. The van der Waals surface area contributed by atoms with E-state index >= 15 is 0 Å². The van der Waals surface area contributed by atoms with Gasteiger partial charge in [-0.2, -0.15) is 0 Å². The van der Waals surface area contributed by atoms with E-state index in [1.807, 2.05) is 24.3 Å². The molecule has 0 bridgehead atoms. The summed E-state index contributed by atoms with van der Waals surface area (Å²) in [6.45, 7) is 2.32. The normalized spacial score (nSPS) is 30.5. The number of amides is 2. The molecule has 1 aromatic rings. The topological polar surface area (TPSA) is 58.6 Å². The first-order valence-corrected chi connectivity index (χ1v) is 12.0. The third-order valence-corrected chi connectivity index (χ3v) is 7.23. The number of rotatable bonds is 4. The number of benzene rings is 1. The van der Waals surface area contributed by atoms with Crippen molar-refractivity contribution in [1.29, 1.82) is 0 Å². The highest BCUT2D eigenvalue weighted by Gasteiger charge is 2.42. The zero-order valence-corrected chi connectivity index (χ0v) is 19.2. The fourth-order valence-electron chi connectivity index (χ4n) is 5.05. The lowest BCUT2D eigenvalue weighted by Crippen LogP contribution is -2.57. The first-order chi connectivity index (χ1) is 14.5. The van der Waals surface area contributed by atoms with Crippen molar-refractivity contribution in [3.8, 4) is 0 Å². The molecule has 2 amide bonds. The van der Waals surface area contributed by atoms with Gasteiger partial charge in [0.15, 0.2) is 5.76 Å². The Morgan fingerprint density at radius 3 is 2.77 bits per heavy atom. The fourth-order valence-corrected chi connectivity index (χ4v) is 5.46. The van der Waals surface area contributed by atoms with Gasteiger partial charge in [-0.25, -0.2) is 0 Å². The Balaban J connectivity index is 1.51. The monoisotopic (exact) mass is 474 g/mol. The summed E-state index contributed by atoms with van der Waals surface area (Å²) in [5, 5.41) is 3.20. The van der Waals surface area contributed by atoms with Crippen LogP contribution >= 0.6 is 15.9 Å². The van der Waals surface area contributed by atoms with Crippen LogP contribution in [0.3, 0.4) is 0 Å². The summed E-state index contributed by atoms with van der Waals surface area (Å²) in [4.78, 5) is 27.9. The van der Waals surface area contributed by atoms with Crippen molar-refractivity contribution in [3.05, 3.63) is 40.1 Å². The molecular formula is C24H31BrN2O3. The van der Waals surface area contributed by atoms with Crippen LogP contribution in [0.15, 0.2) is 34.5 Å². The van der Waals surface area contributed by atoms with Crippen molar-refractivity contribution < 1.29 is 14.3 Å². The summed E-state index contributed by atoms with van der Waals surface area (Å²) in [6.07, 6.45) is 10.3. The second-order valence-electron chi connectivity index (χ2n) is 8.94. The largest absolute Gasteiger partial charge is 0.482 e. The Bertz CT molecular complexity index is 824. The number of carbonyl (C=O) groups excluding carboxylic acids is 2. The molecule has 162 valence electrons. The molecule has 1 heterocycles. The van der Waals surface area contributed by atoms with Crippen molar-refractivity contribution in [2.24, 2.45) is 5.92 Å². The SMILES string of the molecule is CC1CCCCC1NC(=O)CN1C(=O)/C(=C\c2cccc(Br)c2)OC2CCCCC21. The van der Waals surface area contributed by atoms with E-state index in [1.165, 1.54) is 6.42 Å². The molecule has 0 radical (unpaired) electrons. The highest BCUT2D eigenvalue weighted by molar-refractivity contribution is 9.10. The Morgan fingerprint density at radius 2 is 1.97 bits per heavy atom. The molecule has 1 aliphatic heterocycles. The predicted octanol–water partition coefficient (Wildman–Crippen LogP) is 4.65. The standard InChI is InChI=1S/C24H31BrN2O3/c1-16-7-2-3-10-19(16)26-23(28)15-27-20-11-4-5-12-21(20)30-22(24(27)29)14-17-8-6-9-18(25)13-17/h6,8-9,13-14,16,19-21H,2-5,7,10-12,15H2,1H3,(H,26,28)/b22-14+. The summed E-state index contributed by atoms with van der Waals surface area (Å²) < 4.78 is 7.10. The van der Waals surface area contributed by atoms with Crippen LogP contribution < -0.4 is 5.32 Å². The molecule has 4 atom stereocenters. The van der Waals surface area contributed by atoms with Crippen molar-refractivity contribution in [3.63, 3.8) is 0 Å². The maximum atomic E-state index is 13.3. The fraction of sp³-hybridized carbons (Fsp3) is 0.583. The molecule has 1 saturated heterocycles. The lowest BCUT2D eigenvalue weighted by molar-refractivity contribution is -0.152. The van der Waals surface area contributed by atoms with E-state index in [1.54, 1.807) is 11.0 Å². The quantitative estimate of drug-likeness (QED) is 0.645. The number of hydrogen-bond acceptors (Lipinski definition) is 3. The zero-order valence-electron chi connectivity index (χ0n) is 17.6. The third kappa shape index (κ3) is 4.90. The molecule has 2 saturated carbocycles. The summed E-state index contributed by atoms with van der Waals surface area (Å²) >= 11 is 3.48. The van der Waals surface area contributed by atoms with Crippen molar-refractivity contribution in [1.82, 2.24) is 10.2 Å². The maximum absolute atomic E-state index is 13.3. The maximum Gasteiger partial charge on any atom is 0.289 e. The summed E-state index contributed by atoms with van der Waals surface area (Å²) in [5.41, 5.74) is 0.905. The number of nitrogens with zero attached hydrogens (tertiary/aromatic N) is 1. The zero-order chi connectivity index (χ0) is 21.1. The van der Waals surface area contributed by atoms with Crippen LogP contribution in [-0.2, 0) is 14.3 Å². The van der Waals surface area contributed by atoms with Gasteiger partial charge in [0.05, 0.1) is 6.04 Å². The van der Waals surface area contributed by atoms with Gasteiger partial charge in [-0.1, -0.05) is 54.2 Å². The van der Waals surface area contributed by atoms with Gasteiger partial charge in [0.25, 0.3) is 5.91 Å². The number of carbonyl (C=O) groups is 2. The van der Waals surface area contributed by atoms with E-state index in [0.29, 0.717) is 11.7 Å². The molecule has 1 N–H and O–H groups in total. The van der Waals surface area contributed by atoms with Crippen molar-refractivity contribution >= 4 is 33.8 Å². The average molecular weight is 475 g/mol. The van der Waals surface area contributed by atoms with Gasteiger partial charge in [0.2, 0.25) is 5.91 Å². The highest BCUT2D eigenvalue weighted by Crippen LogP contribution is 2.33. The van der Waals surface area contributed by atoms with Gasteiger partial charge in [0.1, 0.15) is 12.6 Å². The molecule has 3 aliphatic rings. The van der Waals surface area contributed by atoms with E-state index < -0.39 is 0 Å². The van der Waals surface area contributed by atoms with Gasteiger partial charge >= 0.3 is 0 Å². The van der Waals surface area contributed by atoms with Crippen molar-refractivity contribution in [2.45, 2.75) is 76.5 Å². The Hall–Kier alpha value is -1.82. The van der Waals surface area contributed by atoms with Crippen LogP contribution in [0.4, 0.5) is 0 Å². The first-order valence-electron chi connectivity index (χ1n) is 11.3. The van der Waals surface area contributed by atoms with Crippen LogP contribution in [0, 0.1) is 5.92 Å². The van der Waals surface area contributed by atoms with E-state index in [2.05, 4.69) is 28.2 Å². The van der Waals surface area contributed by atoms with Crippen molar-refractivity contribution in [2.75, 3.05) is 6.54 Å². The Labute approximate surface area is 187 Å². The van der Waals surface area contributed by atoms with Gasteiger partial charge in [-0.05, 0) is 61.8 Å². The molecule has 5 nitrogen and oxygen atoms in total. The molecule has 2 aliphatic carbocycles. The van der Waals surface area contributed by atoms with Gasteiger partial charge in [-0.15, -0.1) is 0 Å². The van der Waals surface area contributed by atoms with Crippen LogP contribution in [-0.4, -0.2) is 41.4 Å². The summed E-state index contributed by atoms with van der Waals surface area (Å²) in [7, 11) is 0. The molecular weight excluding hydrogens is 444 g/mol. The van der Waals surface area contributed by atoms with E-state index in [-0.39, 0.29) is 36.5 Å². The second-order valence-corrected chi connectivity index (χ2v) is 9.86. The highest BCUT2D eigenvalue weighted by atomic mass is 79.9. The number of morpholine rings is 1. The molecule has 30 heavy (non-hydrogen) atoms. The van der Waals surface area contributed by atoms with E-state index in [9.17, 15) is 9.59 Å². The number of halogens is 1. The molecule has 1 aromatic carbocycles. The molecule has 3 fully saturated rings. The Kier molecular flexibility index (Phi) is 6.81. The molecule has 0 spiro atoms. The number of hydrogen-bond donors (Lipinski definition) is 1. The van der Waals surface area contributed by atoms with E-state index in [0.717, 1.165) is 55.0 Å². The van der Waals surface area contributed by atoms with Gasteiger partial charge in [-0.3, -0.25) is 9.59 Å². The smallest absolute Gasteiger partial charge is 0.289 e. The molecule has 4 rings (SSSR count). The second kappa shape index (κ2) is 9.54. The third-order valence-electron chi connectivity index (χ3n) is 6.74. The number of fused-ring (bicyclic) bond motifs is 1. The summed E-state index contributed by atoms with van der Waals surface area (Å²) in [6, 6.07) is 8.00. The predicted molar refractivity (Wildman–Crippen MR) is 121 cm³/mol. The van der Waals surface area contributed by atoms with Gasteiger partial charge in [0, 0.05) is 10.5 Å². The Morgan fingerprint density at radius 1 is 1.20 bits per heavy atom. The first kappa shape index (κ1) is 21.4. The average Bonchev–Trinajstić information content (AvgIpc) is 2.73.